The van der Waals surface area contributed by atoms with Crippen molar-refractivity contribution in [3.8, 4) is 0 Å². The zero-order valence-electron chi connectivity index (χ0n) is 29.0. The molecular formula is C35H39FN2O6Y6-6. The van der Waals surface area contributed by atoms with E-state index in [9.17, 15) is 33.2 Å². The van der Waals surface area contributed by atoms with E-state index >= 15 is 0 Å². The van der Waals surface area contributed by atoms with E-state index in [1.807, 2.05) is 24.5 Å². The molecular weight excluding hydrogens is 1100 g/mol. The van der Waals surface area contributed by atoms with Crippen molar-refractivity contribution in [2.24, 2.45) is 17.6 Å². The molecule has 50 heavy (non-hydrogen) atoms. The third-order valence-electron chi connectivity index (χ3n) is 5.10. The van der Waals surface area contributed by atoms with Crippen LogP contribution >= 0.6 is 0 Å². The second kappa shape index (κ2) is 51.0. The summed E-state index contributed by atoms with van der Waals surface area (Å²) in [5.74, 6) is 0.0315. The molecule has 0 aliphatic heterocycles. The zero-order valence-corrected chi connectivity index (χ0v) is 46.0. The van der Waals surface area contributed by atoms with Crippen LogP contribution in [0.25, 0.3) is 0 Å². The predicted octanol–water partition coefficient (Wildman–Crippen LogP) is 4.67. The summed E-state index contributed by atoms with van der Waals surface area (Å²) in [5.41, 5.74) is 7.91. The normalized spacial score (nSPS) is 9.58. The predicted molar refractivity (Wildman–Crippen MR) is 169 cm³/mol. The van der Waals surface area contributed by atoms with Crippen molar-refractivity contribution >= 4 is 37.8 Å². The Morgan fingerprint density at radius 2 is 1.00 bits per heavy atom. The third-order valence-corrected chi connectivity index (χ3v) is 5.10. The van der Waals surface area contributed by atoms with Crippen LogP contribution < -0.4 is 5.73 Å². The molecule has 8 nitrogen and oxygen atoms in total. The maximum Gasteiger partial charge on any atom is 0.0987 e. The van der Waals surface area contributed by atoms with Crippen molar-refractivity contribution in [3.63, 3.8) is 0 Å². The first-order chi connectivity index (χ1) is 21.1. The maximum atomic E-state index is 12.1. The molecule has 1 fully saturated rings. The monoisotopic (exact) mass is 1140 g/mol. The smallest absolute Gasteiger partial charge is 0.0987 e. The topological polar surface area (TPSA) is 132 Å². The Morgan fingerprint density at radius 1 is 0.660 bits per heavy atom. The summed E-state index contributed by atoms with van der Waals surface area (Å²) in [7, 11) is 3.26. The van der Waals surface area contributed by atoms with E-state index in [4.69, 9.17) is 5.73 Å². The number of carbonyl (C=O) groups excluding carboxylic acids is 6. The van der Waals surface area contributed by atoms with E-state index in [0.29, 0.717) is 29.2 Å². The minimum atomic E-state index is -0.339. The maximum absolute atomic E-state index is 12.1. The van der Waals surface area contributed by atoms with Crippen LogP contribution in [0.1, 0.15) is 61.8 Å². The Kier molecular flexibility index (Phi) is 71.2. The van der Waals surface area contributed by atoms with E-state index in [-0.39, 0.29) is 208 Å². The second-order valence-corrected chi connectivity index (χ2v) is 9.44. The number of nitrogens with two attached hydrogens (primary N) is 1. The first kappa shape index (κ1) is 69.9. The molecule has 1 aliphatic carbocycles. The van der Waals surface area contributed by atoms with Gasteiger partial charge in [-0.15, -0.1) is 36.1 Å². The van der Waals surface area contributed by atoms with Gasteiger partial charge in [-0.25, -0.2) is 4.39 Å². The minimum Gasteiger partial charge on any atom is -0.542 e. The molecule has 1 saturated carbocycles. The van der Waals surface area contributed by atoms with Crippen molar-refractivity contribution < 1.29 is 229 Å². The summed E-state index contributed by atoms with van der Waals surface area (Å²) in [5, 5.41) is 0. The average Bonchev–Trinajstić information content (AvgIpc) is 3.61. The van der Waals surface area contributed by atoms with E-state index in [0.717, 1.165) is 18.4 Å². The molecule has 4 rings (SSSR count). The first-order valence-corrected chi connectivity index (χ1v) is 13.6. The first-order valence-electron chi connectivity index (χ1n) is 13.6. The van der Waals surface area contributed by atoms with Gasteiger partial charge in [0.1, 0.15) is 0 Å². The van der Waals surface area contributed by atoms with Crippen molar-refractivity contribution in [2.45, 2.75) is 46.1 Å². The van der Waals surface area contributed by atoms with Crippen LogP contribution in [0.5, 0.6) is 0 Å². The summed E-state index contributed by atoms with van der Waals surface area (Å²) in [4.78, 5) is 59.7. The molecule has 0 spiro atoms. The Balaban J connectivity index is -0.0000000700. The fourth-order valence-corrected chi connectivity index (χ4v) is 2.78. The summed E-state index contributed by atoms with van der Waals surface area (Å²) < 4.78 is 12.1. The number of hydrogen-bond donors (Lipinski definition) is 1. The van der Waals surface area contributed by atoms with Crippen LogP contribution in [-0.2, 0) is 232 Å². The summed E-state index contributed by atoms with van der Waals surface area (Å²) in [6.45, 7) is 4.11. The van der Waals surface area contributed by atoms with Gasteiger partial charge in [0.05, 0.1) is 24.7 Å². The largest absolute Gasteiger partial charge is 0.542 e. The van der Waals surface area contributed by atoms with Gasteiger partial charge in [0.15, 0.2) is 0 Å². The molecule has 6 radical (unpaired) electrons. The molecule has 1 aliphatic rings. The molecule has 0 aromatic heterocycles. The quantitative estimate of drug-likeness (QED) is 0.269. The van der Waals surface area contributed by atoms with Gasteiger partial charge in [0.2, 0.25) is 0 Å². The Bertz CT molecular complexity index is 1180. The molecule has 0 saturated heterocycles. The van der Waals surface area contributed by atoms with Crippen LogP contribution in [0.3, 0.4) is 0 Å². The number of nitrogens with zero attached hydrogens (tertiary/aromatic N) is 1. The van der Waals surface area contributed by atoms with Crippen LogP contribution in [-0.4, -0.2) is 56.8 Å². The van der Waals surface area contributed by atoms with Gasteiger partial charge in [-0.3, -0.25) is 12.6 Å². The van der Waals surface area contributed by atoms with Gasteiger partial charge < -0.3 is 39.4 Å². The summed E-state index contributed by atoms with van der Waals surface area (Å²) in [6, 6.07) is 21.2. The molecule has 2 N–H and O–H groups in total. The SMILES string of the molecule is CC(C)[C-]=O.CN(C)[C-]=O.NCc1ccc([C-]=O)cc1.O=[C-]C1CCCC1.O=[C-]c1ccc(F)cc1.O=[C-]c1ccccc1.[Y].[Y].[Y].[Y].[Y].[Y]. The zero-order chi connectivity index (χ0) is 33.6. The van der Waals surface area contributed by atoms with Gasteiger partial charge in [0, 0.05) is 203 Å². The molecule has 0 unspecified atom stereocenters. The molecule has 0 heterocycles. The molecule has 1 amide bonds. The van der Waals surface area contributed by atoms with Crippen molar-refractivity contribution in [2.75, 3.05) is 14.1 Å². The van der Waals surface area contributed by atoms with Gasteiger partial charge in [-0.2, -0.15) is 59.5 Å². The fourth-order valence-electron chi connectivity index (χ4n) is 2.78. The van der Waals surface area contributed by atoms with Crippen LogP contribution in [0.15, 0.2) is 78.9 Å². The number of rotatable bonds is 7. The second-order valence-electron chi connectivity index (χ2n) is 9.44. The Labute approximate surface area is 448 Å². The van der Waals surface area contributed by atoms with Gasteiger partial charge in [0.25, 0.3) is 0 Å². The minimum absolute atomic E-state index is 0. The van der Waals surface area contributed by atoms with E-state index in [1.54, 1.807) is 95.9 Å². The van der Waals surface area contributed by atoms with Crippen molar-refractivity contribution in [1.82, 2.24) is 4.90 Å². The van der Waals surface area contributed by atoms with Crippen LogP contribution in [0.4, 0.5) is 4.39 Å². The van der Waals surface area contributed by atoms with E-state index < -0.39 is 0 Å². The molecule has 3 aromatic carbocycles. The van der Waals surface area contributed by atoms with Crippen molar-refractivity contribution in [3.05, 3.63) is 107 Å². The molecule has 3 aromatic rings. The van der Waals surface area contributed by atoms with Crippen molar-refractivity contribution in [1.29, 1.82) is 0 Å². The Hall–Kier alpha value is 1.99. The number of benzene rings is 3. The number of hydrogen-bond acceptors (Lipinski definition) is 7. The fraction of sp³-hybridized carbons (Fsp3) is 0.314. The van der Waals surface area contributed by atoms with Gasteiger partial charge in [-0.1, -0.05) is 63.3 Å². The van der Waals surface area contributed by atoms with Crippen LogP contribution in [0.2, 0.25) is 0 Å². The molecule has 15 heteroatoms. The summed E-state index contributed by atoms with van der Waals surface area (Å²) >= 11 is 0. The third kappa shape index (κ3) is 46.1. The van der Waals surface area contributed by atoms with Crippen LogP contribution in [0, 0.1) is 17.7 Å². The number of amides is 1. The molecule has 0 atom stereocenters. The van der Waals surface area contributed by atoms with E-state index in [2.05, 4.69) is 0 Å². The average molecular weight is 1140 g/mol. The molecule has 0 bridgehead atoms. The van der Waals surface area contributed by atoms with Gasteiger partial charge in [-0.05, 0) is 14.1 Å². The van der Waals surface area contributed by atoms with E-state index in [1.165, 1.54) is 42.0 Å². The summed E-state index contributed by atoms with van der Waals surface area (Å²) in [6.07, 6.45) is 15.3. The van der Waals surface area contributed by atoms with Gasteiger partial charge >= 0.3 is 0 Å². The number of halogens is 1. The molecule has 256 valence electrons. The standard InChI is InChI=1S/C8H8NO.C7H4FO.C7H5O.C6H9O.C4H7O.C3H6NO.6Y/c9-5-7-1-3-8(6-10)4-2-7;8-7-3-1-6(5-9)2-4-7;8-6-7-4-2-1-3-5-7;7-5-6-3-1-2-4-6;2*1-4(2)3-5;;;;;;/h1-4H,5,9H2;1-4H;1-5H;6H,1-4H2;4H,1-2H3;1-2H3;;;;;;/q6*-1;;;;;;. The Morgan fingerprint density at radius 3 is 1.24 bits per heavy atom.